The maximum atomic E-state index is 12.0. The molecule has 0 fully saturated rings. The molecule has 0 amide bonds. The number of sulfonamides is 1. The Kier molecular flexibility index (Phi) is 7.64. The molecule has 4 N–H and O–H groups in total. The van der Waals surface area contributed by atoms with Gasteiger partial charge in [0.15, 0.2) is 5.69 Å². The Morgan fingerprint density at radius 3 is 2.53 bits per heavy atom. The molecule has 0 aliphatic carbocycles. The van der Waals surface area contributed by atoms with Crippen molar-refractivity contribution in [2.24, 2.45) is 5.14 Å². The molecule has 3 aromatic rings. The molecule has 1 aromatic carbocycles. The van der Waals surface area contributed by atoms with E-state index < -0.39 is 16.0 Å². The van der Waals surface area contributed by atoms with Crippen molar-refractivity contribution >= 4 is 33.1 Å². The zero-order chi connectivity index (χ0) is 23.3. The van der Waals surface area contributed by atoms with Crippen LogP contribution in [0, 0.1) is 0 Å². The van der Waals surface area contributed by atoms with Gasteiger partial charge in [-0.2, -0.15) is 9.78 Å². The van der Waals surface area contributed by atoms with Crippen LogP contribution >= 0.6 is 11.3 Å². The van der Waals surface area contributed by atoms with Gasteiger partial charge in [-0.1, -0.05) is 31.9 Å². The Bertz CT molecular complexity index is 1180. The SMILES string of the molecule is CCCCCc1nn(-c2nc(C(=O)OCC)cs2)c(N)c1Cc1ccc(S(N)(=O)=O)cc1. The summed E-state index contributed by atoms with van der Waals surface area (Å²) in [6.45, 7) is 4.14. The highest BCUT2D eigenvalue weighted by Crippen LogP contribution is 2.27. The fraction of sp³-hybridized carbons (Fsp3) is 0.381. The van der Waals surface area contributed by atoms with Crippen molar-refractivity contribution in [2.45, 2.75) is 50.8 Å². The van der Waals surface area contributed by atoms with Crippen molar-refractivity contribution in [3.63, 3.8) is 0 Å². The van der Waals surface area contributed by atoms with Gasteiger partial charge in [0.25, 0.3) is 0 Å². The molecular weight excluding hydrogens is 450 g/mol. The summed E-state index contributed by atoms with van der Waals surface area (Å²) in [5.41, 5.74) is 9.28. The maximum Gasteiger partial charge on any atom is 0.357 e. The molecule has 0 saturated carbocycles. The predicted molar refractivity (Wildman–Crippen MR) is 123 cm³/mol. The second-order valence-corrected chi connectivity index (χ2v) is 9.68. The quantitative estimate of drug-likeness (QED) is 0.337. The van der Waals surface area contributed by atoms with Crippen molar-refractivity contribution in [1.82, 2.24) is 14.8 Å². The first-order valence-electron chi connectivity index (χ1n) is 10.4. The Hall–Kier alpha value is -2.76. The van der Waals surface area contributed by atoms with Crippen LogP contribution in [0.25, 0.3) is 5.13 Å². The summed E-state index contributed by atoms with van der Waals surface area (Å²) >= 11 is 1.26. The summed E-state index contributed by atoms with van der Waals surface area (Å²) < 4.78 is 29.6. The second kappa shape index (κ2) is 10.2. The minimum atomic E-state index is -3.75. The average molecular weight is 478 g/mol. The normalized spacial score (nSPS) is 11.6. The summed E-state index contributed by atoms with van der Waals surface area (Å²) in [6, 6.07) is 6.39. The highest BCUT2D eigenvalue weighted by molar-refractivity contribution is 7.89. The van der Waals surface area contributed by atoms with Gasteiger partial charge in [0.05, 0.1) is 17.2 Å². The number of rotatable bonds is 10. The number of nitrogens with zero attached hydrogens (tertiary/aromatic N) is 3. The monoisotopic (exact) mass is 477 g/mol. The van der Waals surface area contributed by atoms with Crippen LogP contribution in [0.4, 0.5) is 5.82 Å². The van der Waals surface area contributed by atoms with E-state index in [0.717, 1.165) is 42.5 Å². The first kappa shape index (κ1) is 23.9. The van der Waals surface area contributed by atoms with E-state index in [1.54, 1.807) is 29.1 Å². The third-order valence-electron chi connectivity index (χ3n) is 4.91. The van der Waals surface area contributed by atoms with Gasteiger partial charge < -0.3 is 10.5 Å². The molecule has 2 aromatic heterocycles. The van der Waals surface area contributed by atoms with Gasteiger partial charge in [-0.15, -0.1) is 11.3 Å². The molecule has 0 saturated heterocycles. The second-order valence-electron chi connectivity index (χ2n) is 7.28. The molecule has 11 heteroatoms. The molecule has 9 nitrogen and oxygen atoms in total. The predicted octanol–water partition coefficient (Wildman–Crippen LogP) is 3.06. The lowest BCUT2D eigenvalue weighted by Crippen LogP contribution is -2.12. The number of aryl methyl sites for hydroxylation is 1. The Morgan fingerprint density at radius 2 is 1.91 bits per heavy atom. The molecule has 0 aliphatic heterocycles. The fourth-order valence-electron chi connectivity index (χ4n) is 3.25. The summed E-state index contributed by atoms with van der Waals surface area (Å²) in [6.07, 6.45) is 4.35. The molecular formula is C21H27N5O4S2. The minimum absolute atomic E-state index is 0.0577. The lowest BCUT2D eigenvalue weighted by Gasteiger charge is -2.06. The maximum absolute atomic E-state index is 12.0. The van der Waals surface area contributed by atoms with Crippen LogP contribution in [-0.4, -0.2) is 35.8 Å². The van der Waals surface area contributed by atoms with E-state index in [-0.39, 0.29) is 17.2 Å². The van der Waals surface area contributed by atoms with Crippen molar-refractivity contribution in [2.75, 3.05) is 12.3 Å². The zero-order valence-electron chi connectivity index (χ0n) is 18.1. The number of ether oxygens (including phenoxy) is 1. The van der Waals surface area contributed by atoms with E-state index in [1.165, 1.54) is 23.5 Å². The number of esters is 1. The molecule has 0 bridgehead atoms. The van der Waals surface area contributed by atoms with Crippen LogP contribution in [0.1, 0.15) is 60.4 Å². The molecule has 3 rings (SSSR count). The number of primary sulfonamides is 1. The van der Waals surface area contributed by atoms with Gasteiger partial charge in [-0.05, 0) is 37.5 Å². The lowest BCUT2D eigenvalue weighted by molar-refractivity contribution is 0.0520. The van der Waals surface area contributed by atoms with Crippen molar-refractivity contribution < 1.29 is 17.9 Å². The third-order valence-corrected chi connectivity index (χ3v) is 6.66. The highest BCUT2D eigenvalue weighted by Gasteiger charge is 2.20. The number of nitrogen functional groups attached to an aromatic ring is 1. The van der Waals surface area contributed by atoms with Crippen molar-refractivity contribution in [3.8, 4) is 5.13 Å². The summed E-state index contributed by atoms with van der Waals surface area (Å²) in [4.78, 5) is 16.4. The Balaban J connectivity index is 1.94. The number of thiazole rings is 1. The summed E-state index contributed by atoms with van der Waals surface area (Å²) in [5.74, 6) is -0.0455. The lowest BCUT2D eigenvalue weighted by atomic mass is 10.0. The van der Waals surface area contributed by atoms with E-state index in [4.69, 9.17) is 20.7 Å². The van der Waals surface area contributed by atoms with Gasteiger partial charge in [-0.3, -0.25) is 0 Å². The molecule has 0 atom stereocenters. The highest BCUT2D eigenvalue weighted by atomic mass is 32.2. The molecule has 172 valence electrons. The number of anilines is 1. The van der Waals surface area contributed by atoms with Gasteiger partial charge in [0.2, 0.25) is 15.2 Å². The van der Waals surface area contributed by atoms with E-state index in [1.807, 2.05) is 0 Å². The molecule has 0 unspecified atom stereocenters. The van der Waals surface area contributed by atoms with Gasteiger partial charge >= 0.3 is 5.97 Å². The molecule has 0 spiro atoms. The van der Waals surface area contributed by atoms with Gasteiger partial charge in [0, 0.05) is 17.4 Å². The Morgan fingerprint density at radius 1 is 1.19 bits per heavy atom. The molecule has 32 heavy (non-hydrogen) atoms. The van der Waals surface area contributed by atoms with Crippen molar-refractivity contribution in [3.05, 3.63) is 52.2 Å². The number of hydrogen-bond acceptors (Lipinski definition) is 8. The van der Waals surface area contributed by atoms with Crippen LogP contribution in [0.3, 0.4) is 0 Å². The number of carbonyl (C=O) groups excluding carboxylic acids is 1. The standard InChI is InChI=1S/C21H27N5O4S2/c1-3-5-6-7-17-16(12-14-8-10-15(11-9-14)32(23,28)29)19(22)26(25-17)21-24-18(13-31-21)20(27)30-4-2/h8-11,13H,3-7,12,22H2,1-2H3,(H2,23,28,29). The summed E-state index contributed by atoms with van der Waals surface area (Å²) in [7, 11) is -3.75. The number of carbonyl (C=O) groups is 1. The van der Waals surface area contributed by atoms with Gasteiger partial charge in [0.1, 0.15) is 5.82 Å². The van der Waals surface area contributed by atoms with Crippen LogP contribution in [0.2, 0.25) is 0 Å². The number of unbranched alkanes of at least 4 members (excludes halogenated alkanes) is 2. The molecule has 0 radical (unpaired) electrons. The summed E-state index contributed by atoms with van der Waals surface area (Å²) in [5, 5.41) is 12.0. The number of hydrogen-bond donors (Lipinski definition) is 2. The number of aromatic nitrogens is 3. The van der Waals surface area contributed by atoms with E-state index in [2.05, 4.69) is 11.9 Å². The van der Waals surface area contributed by atoms with E-state index >= 15 is 0 Å². The van der Waals surface area contributed by atoms with E-state index in [9.17, 15) is 13.2 Å². The molecule has 2 heterocycles. The first-order valence-corrected chi connectivity index (χ1v) is 12.8. The number of nitrogens with two attached hydrogens (primary N) is 2. The average Bonchev–Trinajstić information content (AvgIpc) is 3.34. The first-order chi connectivity index (χ1) is 15.2. The van der Waals surface area contributed by atoms with Crippen molar-refractivity contribution in [1.29, 1.82) is 0 Å². The minimum Gasteiger partial charge on any atom is -0.461 e. The topological polar surface area (TPSA) is 143 Å². The Labute approximate surface area is 191 Å². The van der Waals surface area contributed by atoms with Crippen LogP contribution in [-0.2, 0) is 27.6 Å². The fourth-order valence-corrected chi connectivity index (χ4v) is 4.53. The van der Waals surface area contributed by atoms with Crippen LogP contribution in [0.15, 0.2) is 34.5 Å². The van der Waals surface area contributed by atoms with Crippen LogP contribution < -0.4 is 10.9 Å². The smallest absolute Gasteiger partial charge is 0.357 e. The number of benzene rings is 1. The van der Waals surface area contributed by atoms with Crippen LogP contribution in [0.5, 0.6) is 0 Å². The zero-order valence-corrected chi connectivity index (χ0v) is 19.7. The molecule has 0 aliphatic rings. The third kappa shape index (κ3) is 5.53. The largest absolute Gasteiger partial charge is 0.461 e. The van der Waals surface area contributed by atoms with Gasteiger partial charge in [-0.25, -0.2) is 23.3 Å². The van der Waals surface area contributed by atoms with E-state index in [0.29, 0.717) is 17.4 Å².